The minimum atomic E-state index is -0.901. The molecule has 0 saturated carbocycles. The van der Waals surface area contributed by atoms with Crippen molar-refractivity contribution in [2.24, 2.45) is 0 Å². The van der Waals surface area contributed by atoms with Crippen LogP contribution < -0.4 is 5.43 Å². The van der Waals surface area contributed by atoms with Crippen LogP contribution in [0.25, 0.3) is 21.8 Å². The molecule has 162 valence electrons. The van der Waals surface area contributed by atoms with Gasteiger partial charge in [0.15, 0.2) is 11.5 Å². The zero-order valence-electron chi connectivity index (χ0n) is 17.9. The van der Waals surface area contributed by atoms with E-state index in [0.717, 1.165) is 0 Å². The summed E-state index contributed by atoms with van der Waals surface area (Å²) in [5.41, 5.74) is 1.23. The van der Waals surface area contributed by atoms with Crippen molar-refractivity contribution in [3.05, 3.63) is 58.8 Å². The van der Waals surface area contributed by atoms with E-state index < -0.39 is 12.1 Å². The normalized spacial score (nSPS) is 20.0. The van der Waals surface area contributed by atoms with Crippen molar-refractivity contribution in [3.63, 3.8) is 0 Å². The van der Waals surface area contributed by atoms with Crippen LogP contribution >= 0.6 is 0 Å². The minimum Gasteiger partial charge on any atom is -0.451 e. The van der Waals surface area contributed by atoms with E-state index >= 15 is 0 Å². The number of amides is 1. The van der Waals surface area contributed by atoms with Gasteiger partial charge in [0, 0.05) is 23.9 Å². The van der Waals surface area contributed by atoms with Gasteiger partial charge >= 0.3 is 5.97 Å². The second-order valence-corrected chi connectivity index (χ2v) is 8.08. The fourth-order valence-electron chi connectivity index (χ4n) is 4.28. The molecule has 7 nitrogen and oxygen atoms in total. The fraction of sp³-hybridized carbons (Fsp3) is 0.375. The Bertz CT molecular complexity index is 1130. The molecule has 2 heterocycles. The molecule has 1 fully saturated rings. The highest BCUT2D eigenvalue weighted by Gasteiger charge is 2.30. The van der Waals surface area contributed by atoms with Crippen molar-refractivity contribution in [2.45, 2.75) is 45.6 Å². The van der Waals surface area contributed by atoms with E-state index in [0.29, 0.717) is 34.9 Å². The molecule has 1 amide bonds. The second-order valence-electron chi connectivity index (χ2n) is 8.08. The lowest BCUT2D eigenvalue weighted by Crippen LogP contribution is -2.51. The molecule has 0 bridgehead atoms. The maximum Gasteiger partial charge on any atom is 0.326 e. The maximum atomic E-state index is 12.8. The van der Waals surface area contributed by atoms with Crippen molar-refractivity contribution >= 4 is 33.7 Å². The summed E-state index contributed by atoms with van der Waals surface area (Å²) in [6.45, 7) is 6.26. The molecule has 1 aromatic heterocycles. The van der Waals surface area contributed by atoms with Gasteiger partial charge in [0.1, 0.15) is 6.54 Å². The lowest BCUT2D eigenvalue weighted by atomic mass is 10.1. The number of carbonyl (C=O) groups excluding carboxylic acids is 2. The monoisotopic (exact) mass is 422 g/mol. The van der Waals surface area contributed by atoms with Gasteiger partial charge in [-0.1, -0.05) is 24.3 Å². The lowest BCUT2D eigenvalue weighted by Gasteiger charge is -2.36. The van der Waals surface area contributed by atoms with E-state index in [9.17, 15) is 14.4 Å². The molecule has 4 rings (SSSR count). The molecule has 3 aromatic rings. The van der Waals surface area contributed by atoms with Crippen LogP contribution in [0.2, 0.25) is 0 Å². The van der Waals surface area contributed by atoms with Crippen LogP contribution in [0.5, 0.6) is 0 Å². The average molecular weight is 422 g/mol. The first-order valence-corrected chi connectivity index (χ1v) is 10.5. The summed E-state index contributed by atoms with van der Waals surface area (Å²) in [5.74, 6) is -0.765. The number of para-hydroxylation sites is 2. The van der Waals surface area contributed by atoms with Crippen molar-refractivity contribution < 1.29 is 19.1 Å². The van der Waals surface area contributed by atoms with Gasteiger partial charge in [0.05, 0.1) is 23.2 Å². The third-order valence-corrected chi connectivity index (χ3v) is 5.55. The Morgan fingerprint density at radius 1 is 1.00 bits per heavy atom. The Morgan fingerprint density at radius 2 is 1.52 bits per heavy atom. The van der Waals surface area contributed by atoms with Crippen molar-refractivity contribution in [1.29, 1.82) is 0 Å². The molecule has 0 aliphatic carbocycles. The van der Waals surface area contributed by atoms with Crippen molar-refractivity contribution in [1.82, 2.24) is 9.47 Å². The molecule has 0 spiro atoms. The van der Waals surface area contributed by atoms with E-state index in [-0.39, 0.29) is 30.1 Å². The molecule has 3 atom stereocenters. The Hall–Kier alpha value is -3.19. The molecule has 0 radical (unpaired) electrons. The Labute approximate surface area is 180 Å². The molecule has 2 aromatic carbocycles. The number of benzene rings is 2. The van der Waals surface area contributed by atoms with Crippen LogP contribution in [0, 0.1) is 0 Å². The molecule has 1 saturated heterocycles. The molecule has 3 unspecified atom stereocenters. The fourth-order valence-corrected chi connectivity index (χ4v) is 4.28. The van der Waals surface area contributed by atoms with Crippen LogP contribution in [0.4, 0.5) is 0 Å². The smallest absolute Gasteiger partial charge is 0.326 e. The van der Waals surface area contributed by atoms with Crippen molar-refractivity contribution in [2.75, 3.05) is 13.1 Å². The Balaban J connectivity index is 1.58. The van der Waals surface area contributed by atoms with Gasteiger partial charge in [-0.2, -0.15) is 0 Å². The average Bonchev–Trinajstić information content (AvgIpc) is 2.75. The molecule has 1 aliphatic heterocycles. The van der Waals surface area contributed by atoms with Crippen molar-refractivity contribution in [3.8, 4) is 0 Å². The number of pyridine rings is 1. The summed E-state index contributed by atoms with van der Waals surface area (Å²) in [6.07, 6.45) is -1.02. The van der Waals surface area contributed by atoms with E-state index in [1.807, 2.05) is 38.1 Å². The predicted molar refractivity (Wildman–Crippen MR) is 118 cm³/mol. The number of morpholine rings is 1. The van der Waals surface area contributed by atoms with Crippen LogP contribution in [0.3, 0.4) is 0 Å². The summed E-state index contributed by atoms with van der Waals surface area (Å²) in [5, 5.41) is 1.07. The van der Waals surface area contributed by atoms with Gasteiger partial charge < -0.3 is 18.9 Å². The van der Waals surface area contributed by atoms with Gasteiger partial charge in [-0.05, 0) is 45.0 Å². The van der Waals surface area contributed by atoms with Crippen LogP contribution in [0.15, 0.2) is 53.3 Å². The zero-order valence-corrected chi connectivity index (χ0v) is 17.9. The summed E-state index contributed by atoms with van der Waals surface area (Å²) in [4.78, 5) is 40.1. The highest BCUT2D eigenvalue weighted by atomic mass is 16.5. The molecular weight excluding hydrogens is 396 g/mol. The van der Waals surface area contributed by atoms with E-state index in [1.54, 1.807) is 40.7 Å². The van der Waals surface area contributed by atoms with Gasteiger partial charge in [0.25, 0.3) is 5.91 Å². The molecule has 31 heavy (non-hydrogen) atoms. The number of aromatic nitrogens is 1. The van der Waals surface area contributed by atoms with Gasteiger partial charge in [-0.3, -0.25) is 14.4 Å². The summed E-state index contributed by atoms with van der Waals surface area (Å²) in [6, 6.07) is 14.4. The first-order valence-electron chi connectivity index (χ1n) is 10.5. The summed E-state index contributed by atoms with van der Waals surface area (Å²) in [7, 11) is 0. The SMILES string of the molecule is CC1CN(C(=O)C(C)OC(=O)Cn2c3ccccc3c(=O)c3ccccc32)CC(C)O1. The number of esters is 1. The molecule has 7 heteroatoms. The standard InChI is InChI=1S/C24H26N2O5/c1-15-12-25(13-16(2)30-15)24(29)17(3)31-22(27)14-26-20-10-6-4-8-18(20)23(28)19-9-5-7-11-21(19)26/h4-11,15-17H,12-14H2,1-3H3. The summed E-state index contributed by atoms with van der Waals surface area (Å²) >= 11 is 0. The van der Waals surface area contributed by atoms with Gasteiger partial charge in [0.2, 0.25) is 0 Å². The number of hydrogen-bond donors (Lipinski definition) is 0. The van der Waals surface area contributed by atoms with E-state index in [1.165, 1.54) is 0 Å². The Kier molecular flexibility index (Phi) is 5.78. The number of nitrogens with zero attached hydrogens (tertiary/aromatic N) is 2. The molecule has 1 aliphatic rings. The molecular formula is C24H26N2O5. The van der Waals surface area contributed by atoms with Crippen LogP contribution in [0.1, 0.15) is 20.8 Å². The number of rotatable bonds is 4. The van der Waals surface area contributed by atoms with Gasteiger partial charge in [-0.15, -0.1) is 0 Å². The Morgan fingerprint density at radius 3 is 2.06 bits per heavy atom. The number of carbonyl (C=O) groups is 2. The maximum absolute atomic E-state index is 12.8. The first-order chi connectivity index (χ1) is 14.8. The summed E-state index contributed by atoms with van der Waals surface area (Å²) < 4.78 is 12.9. The van der Waals surface area contributed by atoms with E-state index in [2.05, 4.69) is 0 Å². The lowest BCUT2D eigenvalue weighted by molar-refractivity contribution is -0.164. The second kappa shape index (κ2) is 8.51. The number of ether oxygens (including phenoxy) is 2. The van der Waals surface area contributed by atoms with E-state index in [4.69, 9.17) is 9.47 Å². The number of fused-ring (bicyclic) bond motifs is 2. The number of hydrogen-bond acceptors (Lipinski definition) is 5. The van der Waals surface area contributed by atoms with Crippen LogP contribution in [-0.4, -0.2) is 52.7 Å². The third-order valence-electron chi connectivity index (χ3n) is 5.55. The third kappa shape index (κ3) is 4.18. The highest BCUT2D eigenvalue weighted by Crippen LogP contribution is 2.19. The minimum absolute atomic E-state index is 0.0607. The van der Waals surface area contributed by atoms with Gasteiger partial charge in [-0.25, -0.2) is 0 Å². The van der Waals surface area contributed by atoms with Crippen LogP contribution in [-0.2, 0) is 25.6 Å². The topological polar surface area (TPSA) is 77.8 Å². The highest BCUT2D eigenvalue weighted by molar-refractivity contribution is 5.94. The predicted octanol–water partition coefficient (Wildman–Crippen LogP) is 2.72. The zero-order chi connectivity index (χ0) is 22.1. The first kappa shape index (κ1) is 21.1. The quantitative estimate of drug-likeness (QED) is 0.477. The molecule has 0 N–H and O–H groups in total. The largest absolute Gasteiger partial charge is 0.451 e.